The topological polar surface area (TPSA) is 57.4 Å². The van der Waals surface area contributed by atoms with E-state index in [-0.39, 0.29) is 0 Å². The van der Waals surface area contributed by atoms with Crippen molar-refractivity contribution in [3.8, 4) is 33.5 Å². The number of rotatable bonds is 3. The minimum atomic E-state index is 1.02. The zero-order valence-electron chi connectivity index (χ0n) is 11.8. The van der Waals surface area contributed by atoms with E-state index >= 15 is 0 Å². The molecule has 2 heterocycles. The maximum atomic E-state index is 4.05. The first-order chi connectivity index (χ1) is 10.9. The molecule has 0 aliphatic carbocycles. The molecule has 4 aromatic rings. The SMILES string of the molecule is c1cc(-c2ccn[nH]2)cc(-c2ccccc2-c2cn[nH]c2)c1. The zero-order valence-corrected chi connectivity index (χ0v) is 11.8. The molecule has 2 aromatic heterocycles. The van der Waals surface area contributed by atoms with Crippen molar-refractivity contribution in [1.29, 1.82) is 0 Å². The Balaban J connectivity index is 1.85. The number of hydrogen-bond acceptors (Lipinski definition) is 2. The van der Waals surface area contributed by atoms with Crippen molar-refractivity contribution in [2.75, 3.05) is 0 Å². The second kappa shape index (κ2) is 5.33. The van der Waals surface area contributed by atoms with Crippen molar-refractivity contribution < 1.29 is 0 Å². The maximum absolute atomic E-state index is 4.05. The highest BCUT2D eigenvalue weighted by Crippen LogP contribution is 2.33. The molecule has 4 nitrogen and oxygen atoms in total. The molecule has 2 N–H and O–H groups in total. The highest BCUT2D eigenvalue weighted by molar-refractivity contribution is 5.84. The molecule has 0 aliphatic rings. The van der Waals surface area contributed by atoms with Gasteiger partial charge in [-0.15, -0.1) is 0 Å². The van der Waals surface area contributed by atoms with Gasteiger partial charge in [-0.1, -0.05) is 42.5 Å². The molecule has 106 valence electrons. The largest absolute Gasteiger partial charge is 0.285 e. The van der Waals surface area contributed by atoms with Gasteiger partial charge in [0.2, 0.25) is 0 Å². The van der Waals surface area contributed by atoms with Gasteiger partial charge in [0, 0.05) is 23.5 Å². The van der Waals surface area contributed by atoms with E-state index in [0.717, 1.165) is 22.4 Å². The standard InChI is InChI=1S/C18H14N4/c1-2-7-17(15-11-20-21-12-15)16(6-1)13-4-3-5-14(10-13)18-8-9-19-22-18/h1-12H,(H,19,22)(H,20,21). The van der Waals surface area contributed by atoms with E-state index in [1.54, 1.807) is 6.20 Å². The molecule has 22 heavy (non-hydrogen) atoms. The predicted molar refractivity (Wildman–Crippen MR) is 87.0 cm³/mol. The molecule has 0 unspecified atom stereocenters. The number of aromatic nitrogens is 4. The second-order valence-corrected chi connectivity index (χ2v) is 5.08. The Morgan fingerprint density at radius 2 is 1.55 bits per heavy atom. The van der Waals surface area contributed by atoms with Gasteiger partial charge in [0.25, 0.3) is 0 Å². The van der Waals surface area contributed by atoms with Gasteiger partial charge in [-0.2, -0.15) is 10.2 Å². The molecular weight excluding hydrogens is 272 g/mol. The summed E-state index contributed by atoms with van der Waals surface area (Å²) in [5.41, 5.74) is 6.74. The summed E-state index contributed by atoms with van der Waals surface area (Å²) in [6.45, 7) is 0. The van der Waals surface area contributed by atoms with Crippen molar-refractivity contribution in [1.82, 2.24) is 20.4 Å². The lowest BCUT2D eigenvalue weighted by molar-refractivity contribution is 1.09. The van der Waals surface area contributed by atoms with Crippen LogP contribution in [0.2, 0.25) is 0 Å². The molecular formula is C18H14N4. The Hall–Kier alpha value is -3.14. The number of aromatic amines is 2. The van der Waals surface area contributed by atoms with Gasteiger partial charge in [0.05, 0.1) is 11.9 Å². The van der Waals surface area contributed by atoms with Crippen molar-refractivity contribution in [2.24, 2.45) is 0 Å². The van der Waals surface area contributed by atoms with Crippen LogP contribution in [-0.2, 0) is 0 Å². The number of hydrogen-bond donors (Lipinski definition) is 2. The smallest absolute Gasteiger partial charge is 0.0650 e. The van der Waals surface area contributed by atoms with E-state index in [4.69, 9.17) is 0 Å². The molecule has 0 fully saturated rings. The first-order valence-corrected chi connectivity index (χ1v) is 7.10. The zero-order chi connectivity index (χ0) is 14.8. The second-order valence-electron chi connectivity index (χ2n) is 5.08. The summed E-state index contributed by atoms with van der Waals surface area (Å²) in [6.07, 6.45) is 5.52. The van der Waals surface area contributed by atoms with E-state index in [9.17, 15) is 0 Å². The summed E-state index contributed by atoms with van der Waals surface area (Å²) in [4.78, 5) is 0. The number of benzene rings is 2. The van der Waals surface area contributed by atoms with E-state index in [1.165, 1.54) is 11.1 Å². The molecule has 0 atom stereocenters. The van der Waals surface area contributed by atoms with Crippen LogP contribution in [0.5, 0.6) is 0 Å². The Bertz CT molecular complexity index is 877. The monoisotopic (exact) mass is 286 g/mol. The summed E-state index contributed by atoms with van der Waals surface area (Å²) in [7, 11) is 0. The van der Waals surface area contributed by atoms with Crippen LogP contribution in [0.15, 0.2) is 73.2 Å². The van der Waals surface area contributed by atoms with Gasteiger partial charge < -0.3 is 0 Å². The fourth-order valence-corrected chi connectivity index (χ4v) is 2.66. The molecule has 0 bridgehead atoms. The Morgan fingerprint density at radius 1 is 0.727 bits per heavy atom. The first-order valence-electron chi connectivity index (χ1n) is 7.10. The van der Waals surface area contributed by atoms with Crippen LogP contribution in [0, 0.1) is 0 Å². The van der Waals surface area contributed by atoms with Gasteiger partial charge in [-0.3, -0.25) is 10.2 Å². The van der Waals surface area contributed by atoms with Crippen molar-refractivity contribution in [3.63, 3.8) is 0 Å². The van der Waals surface area contributed by atoms with Crippen molar-refractivity contribution >= 4 is 0 Å². The molecule has 2 aromatic carbocycles. The maximum Gasteiger partial charge on any atom is 0.0650 e. The third-order valence-electron chi connectivity index (χ3n) is 3.72. The summed E-state index contributed by atoms with van der Waals surface area (Å²) >= 11 is 0. The molecule has 4 rings (SSSR count). The predicted octanol–water partition coefficient (Wildman–Crippen LogP) is 4.13. The van der Waals surface area contributed by atoms with Gasteiger partial charge >= 0.3 is 0 Å². The number of nitrogens with zero attached hydrogens (tertiary/aromatic N) is 2. The molecule has 0 spiro atoms. The van der Waals surface area contributed by atoms with Gasteiger partial charge in [-0.25, -0.2) is 0 Å². The van der Waals surface area contributed by atoms with Gasteiger partial charge in [-0.05, 0) is 28.8 Å². The average Bonchev–Trinajstić information content (AvgIpc) is 3.28. The summed E-state index contributed by atoms with van der Waals surface area (Å²) in [6, 6.07) is 18.8. The quantitative estimate of drug-likeness (QED) is 0.595. The summed E-state index contributed by atoms with van der Waals surface area (Å²) in [5, 5.41) is 14.0. The fourth-order valence-electron chi connectivity index (χ4n) is 2.66. The Labute approximate surface area is 127 Å². The molecule has 0 radical (unpaired) electrons. The van der Waals surface area contributed by atoms with E-state index in [1.807, 2.05) is 24.5 Å². The third-order valence-corrected chi connectivity index (χ3v) is 3.72. The van der Waals surface area contributed by atoms with Crippen LogP contribution in [0.3, 0.4) is 0 Å². The summed E-state index contributed by atoms with van der Waals surface area (Å²) in [5.74, 6) is 0. The highest BCUT2D eigenvalue weighted by atomic mass is 15.1. The average molecular weight is 286 g/mol. The molecule has 4 heteroatoms. The van der Waals surface area contributed by atoms with Crippen LogP contribution >= 0.6 is 0 Å². The van der Waals surface area contributed by atoms with Crippen LogP contribution in [0.25, 0.3) is 33.5 Å². The van der Waals surface area contributed by atoms with Crippen LogP contribution in [-0.4, -0.2) is 20.4 Å². The van der Waals surface area contributed by atoms with E-state index in [0.29, 0.717) is 0 Å². The van der Waals surface area contributed by atoms with Gasteiger partial charge in [0.15, 0.2) is 0 Å². The lowest BCUT2D eigenvalue weighted by Crippen LogP contribution is -1.85. The molecule has 0 saturated carbocycles. The lowest BCUT2D eigenvalue weighted by Gasteiger charge is -2.09. The third kappa shape index (κ3) is 2.20. The Morgan fingerprint density at radius 3 is 2.27 bits per heavy atom. The number of H-pyrrole nitrogens is 2. The fraction of sp³-hybridized carbons (Fsp3) is 0. The minimum Gasteiger partial charge on any atom is -0.285 e. The summed E-state index contributed by atoms with van der Waals surface area (Å²) < 4.78 is 0. The first kappa shape index (κ1) is 12.6. The van der Waals surface area contributed by atoms with Gasteiger partial charge in [0.1, 0.15) is 0 Å². The lowest BCUT2D eigenvalue weighted by atomic mass is 9.95. The van der Waals surface area contributed by atoms with Crippen LogP contribution < -0.4 is 0 Å². The van der Waals surface area contributed by atoms with E-state index in [2.05, 4.69) is 62.9 Å². The van der Waals surface area contributed by atoms with E-state index < -0.39 is 0 Å². The van der Waals surface area contributed by atoms with Crippen molar-refractivity contribution in [2.45, 2.75) is 0 Å². The van der Waals surface area contributed by atoms with Crippen LogP contribution in [0.4, 0.5) is 0 Å². The molecule has 0 amide bonds. The molecule has 0 saturated heterocycles. The highest BCUT2D eigenvalue weighted by Gasteiger charge is 2.09. The Kier molecular flexibility index (Phi) is 3.05. The minimum absolute atomic E-state index is 1.02. The number of nitrogens with one attached hydrogen (secondary N) is 2. The van der Waals surface area contributed by atoms with Crippen LogP contribution in [0.1, 0.15) is 0 Å². The molecule has 0 aliphatic heterocycles. The normalized spacial score (nSPS) is 10.7. The van der Waals surface area contributed by atoms with Crippen molar-refractivity contribution in [3.05, 3.63) is 73.2 Å².